The topological polar surface area (TPSA) is 124 Å². The number of carbonyl (C=O) groups excluding carboxylic acids is 2. The molecule has 3 N–H and O–H groups in total. The zero-order valence-electron chi connectivity index (χ0n) is 9.99. The van der Waals surface area contributed by atoms with Gasteiger partial charge in [-0.3, -0.25) is 14.5 Å². The van der Waals surface area contributed by atoms with Gasteiger partial charge in [-0.05, 0) is 0 Å². The zero-order chi connectivity index (χ0) is 13.4. The second kappa shape index (κ2) is 6.51. The molecule has 98 valence electrons. The molecule has 2 rings (SSSR count). The molecule has 0 unspecified atom stereocenters. The molecule has 0 spiro atoms. The summed E-state index contributed by atoms with van der Waals surface area (Å²) in [5.74, 6) is -2.79. The van der Waals surface area contributed by atoms with Crippen LogP contribution in [0.3, 0.4) is 0 Å². The molecular formula is C9H9N2NaO5S2. The summed E-state index contributed by atoms with van der Waals surface area (Å²) in [5.41, 5.74) is 5.17. The smallest absolute Gasteiger partial charge is 0.543 e. The van der Waals surface area contributed by atoms with Gasteiger partial charge < -0.3 is 20.7 Å². The Morgan fingerprint density at radius 3 is 2.74 bits per heavy atom. The molecule has 10 heteroatoms. The van der Waals surface area contributed by atoms with E-state index in [1.54, 1.807) is 0 Å². The maximum absolute atomic E-state index is 11.3. The fraction of sp³-hybridized carbons (Fsp3) is 0.444. The van der Waals surface area contributed by atoms with Crippen molar-refractivity contribution in [1.82, 2.24) is 4.90 Å². The minimum atomic E-state index is -1.43. The standard InChI is InChI=1S/C9H10N2O5S2.Na/c10-3(7(13)14)2-17-9-6(8(15)16)11-4(12)1-5(11)18-9;/h3,5H,1-2,10H2,(H,13,14)(H,15,16);/q;+1/p-1/t3-,5-;/m0./s1. The molecule has 2 aliphatic rings. The van der Waals surface area contributed by atoms with E-state index in [0.717, 1.165) is 11.8 Å². The first-order valence-electron chi connectivity index (χ1n) is 4.97. The first-order valence-corrected chi connectivity index (χ1v) is 6.84. The van der Waals surface area contributed by atoms with Gasteiger partial charge in [0.15, 0.2) is 0 Å². The van der Waals surface area contributed by atoms with Crippen LogP contribution in [-0.2, 0) is 14.4 Å². The first-order chi connectivity index (χ1) is 8.41. The van der Waals surface area contributed by atoms with Crippen LogP contribution in [0.1, 0.15) is 6.42 Å². The molecule has 19 heavy (non-hydrogen) atoms. The number of amides is 1. The number of hydrogen-bond acceptors (Lipinski definition) is 7. The van der Waals surface area contributed by atoms with Crippen molar-refractivity contribution in [1.29, 1.82) is 0 Å². The molecule has 1 amide bonds. The van der Waals surface area contributed by atoms with Gasteiger partial charge in [-0.25, -0.2) is 0 Å². The molecule has 0 aromatic carbocycles. The number of fused-ring (bicyclic) bond motifs is 1. The van der Waals surface area contributed by atoms with Crippen molar-refractivity contribution in [3.8, 4) is 0 Å². The van der Waals surface area contributed by atoms with Crippen LogP contribution in [0.2, 0.25) is 0 Å². The fourth-order valence-electron chi connectivity index (χ4n) is 1.55. The Kier molecular flexibility index (Phi) is 5.78. The summed E-state index contributed by atoms with van der Waals surface area (Å²) in [4.78, 5) is 34.0. The number of carbonyl (C=O) groups is 3. The van der Waals surface area contributed by atoms with E-state index >= 15 is 0 Å². The number of carboxylic acids is 2. The predicted octanol–water partition coefficient (Wildman–Crippen LogP) is -4.64. The van der Waals surface area contributed by atoms with Crippen molar-refractivity contribution in [3.63, 3.8) is 0 Å². The van der Waals surface area contributed by atoms with Gasteiger partial charge in [0.05, 0.1) is 27.7 Å². The molecule has 0 aliphatic carbocycles. The van der Waals surface area contributed by atoms with Crippen LogP contribution >= 0.6 is 23.5 Å². The Morgan fingerprint density at radius 2 is 2.26 bits per heavy atom. The molecule has 0 saturated carbocycles. The molecule has 2 aliphatic heterocycles. The third-order valence-corrected chi connectivity index (χ3v) is 5.17. The summed E-state index contributed by atoms with van der Waals surface area (Å²) in [6.45, 7) is 0. The van der Waals surface area contributed by atoms with Gasteiger partial charge in [0.25, 0.3) is 0 Å². The predicted molar refractivity (Wildman–Crippen MR) is 62.9 cm³/mol. The normalized spacial score (nSPS) is 22.5. The molecule has 0 aromatic rings. The van der Waals surface area contributed by atoms with Crippen LogP contribution in [0.4, 0.5) is 0 Å². The monoisotopic (exact) mass is 312 g/mol. The average molecular weight is 312 g/mol. The minimum absolute atomic E-state index is 0. The van der Waals surface area contributed by atoms with Crippen LogP contribution in [-0.4, -0.2) is 45.0 Å². The third kappa shape index (κ3) is 3.29. The van der Waals surface area contributed by atoms with E-state index in [1.165, 1.54) is 16.7 Å². The number of β-lactam (4-membered cyclic amide) rings is 1. The second-order valence-corrected chi connectivity index (χ2v) is 6.20. The molecule has 0 radical (unpaired) electrons. The van der Waals surface area contributed by atoms with Gasteiger partial charge in [0, 0.05) is 5.75 Å². The minimum Gasteiger partial charge on any atom is -0.543 e. The fourth-order valence-corrected chi connectivity index (χ4v) is 4.24. The van der Waals surface area contributed by atoms with Gasteiger partial charge in [0.1, 0.15) is 6.04 Å². The van der Waals surface area contributed by atoms with Gasteiger partial charge >= 0.3 is 35.5 Å². The summed E-state index contributed by atoms with van der Waals surface area (Å²) in [6.07, 6.45) is 0.288. The Labute approximate surface area is 139 Å². The van der Waals surface area contributed by atoms with Crippen LogP contribution in [0, 0.1) is 0 Å². The number of thioether (sulfide) groups is 2. The summed E-state index contributed by atoms with van der Waals surface area (Å²) < 4.78 is 0.391. The Morgan fingerprint density at radius 1 is 1.63 bits per heavy atom. The van der Waals surface area contributed by atoms with Gasteiger partial charge in [0.2, 0.25) is 5.91 Å². The van der Waals surface area contributed by atoms with Crippen molar-refractivity contribution in [3.05, 3.63) is 9.93 Å². The molecule has 7 nitrogen and oxygen atoms in total. The second-order valence-electron chi connectivity index (χ2n) is 3.72. The van der Waals surface area contributed by atoms with E-state index < -0.39 is 18.0 Å². The number of nitrogens with two attached hydrogens (primary N) is 1. The quantitative estimate of drug-likeness (QED) is 0.384. The van der Waals surface area contributed by atoms with Crippen molar-refractivity contribution < 1.29 is 54.2 Å². The molecule has 0 aromatic heterocycles. The van der Waals surface area contributed by atoms with Gasteiger partial charge in [-0.2, -0.15) is 0 Å². The maximum Gasteiger partial charge on any atom is 1.00 e. The van der Waals surface area contributed by atoms with E-state index in [-0.39, 0.29) is 58.7 Å². The van der Waals surface area contributed by atoms with Crippen molar-refractivity contribution in [2.45, 2.75) is 17.8 Å². The van der Waals surface area contributed by atoms with E-state index in [9.17, 15) is 19.5 Å². The largest absolute Gasteiger partial charge is 1.00 e. The van der Waals surface area contributed by atoms with Gasteiger partial charge in [-0.1, -0.05) is 11.8 Å². The number of carboxylic acid groups (broad SMARTS) is 2. The molecule has 1 saturated heterocycles. The van der Waals surface area contributed by atoms with Crippen LogP contribution in [0.5, 0.6) is 0 Å². The summed E-state index contributed by atoms with van der Waals surface area (Å²) in [7, 11) is 0. The van der Waals surface area contributed by atoms with Crippen molar-refractivity contribution in [2.75, 3.05) is 5.75 Å². The number of hydrogen-bond donors (Lipinski definition) is 2. The molecule has 2 atom stereocenters. The zero-order valence-corrected chi connectivity index (χ0v) is 13.6. The Bertz CT molecular complexity index is 470. The van der Waals surface area contributed by atoms with Crippen molar-refractivity contribution >= 4 is 41.4 Å². The van der Waals surface area contributed by atoms with E-state index in [1.807, 2.05) is 0 Å². The van der Waals surface area contributed by atoms with E-state index in [4.69, 9.17) is 10.8 Å². The Balaban J connectivity index is 0.00000180. The SMILES string of the molecule is N[C@@H](CSC1=C(C(=O)[O-])N2C(=O)C[C@@H]2S1)C(=O)O.[Na+]. The molecule has 1 fully saturated rings. The van der Waals surface area contributed by atoms with Gasteiger partial charge in [-0.15, -0.1) is 11.8 Å². The maximum atomic E-state index is 11.3. The number of rotatable bonds is 5. The number of aliphatic carboxylic acids is 2. The van der Waals surface area contributed by atoms with E-state index in [2.05, 4.69) is 0 Å². The average Bonchev–Trinajstić information content (AvgIpc) is 2.58. The van der Waals surface area contributed by atoms with E-state index in [0.29, 0.717) is 4.24 Å². The number of nitrogens with zero attached hydrogens (tertiary/aromatic N) is 1. The van der Waals surface area contributed by atoms with Crippen LogP contribution in [0.15, 0.2) is 9.93 Å². The summed E-state index contributed by atoms with van der Waals surface area (Å²) in [5, 5.41) is 19.4. The van der Waals surface area contributed by atoms with Crippen LogP contribution in [0.25, 0.3) is 0 Å². The van der Waals surface area contributed by atoms with Crippen LogP contribution < -0.4 is 40.4 Å². The third-order valence-electron chi connectivity index (χ3n) is 2.49. The Hall–Kier alpha value is -0.190. The molecular weight excluding hydrogens is 303 g/mol. The summed E-state index contributed by atoms with van der Waals surface area (Å²) in [6, 6.07) is -1.07. The summed E-state index contributed by atoms with van der Waals surface area (Å²) >= 11 is 2.26. The molecule has 0 bridgehead atoms. The van der Waals surface area contributed by atoms with Crippen molar-refractivity contribution in [2.24, 2.45) is 5.73 Å². The first kappa shape index (κ1) is 16.9. The molecule has 2 heterocycles.